The third-order valence-corrected chi connectivity index (χ3v) is 6.15. The molecule has 0 saturated carbocycles. The first kappa shape index (κ1) is 24.4. The van der Waals surface area contributed by atoms with Gasteiger partial charge in [-0.15, -0.1) is 0 Å². The zero-order valence-electron chi connectivity index (χ0n) is 19.5. The normalized spacial score (nSPS) is 17.2. The third-order valence-electron chi connectivity index (χ3n) is 5.62. The molecule has 7 heteroatoms. The molecule has 6 nitrogen and oxygen atoms in total. The first-order valence-electron chi connectivity index (χ1n) is 11.1. The first-order valence-corrected chi connectivity index (χ1v) is 11.9. The van der Waals surface area contributed by atoms with Gasteiger partial charge in [0.25, 0.3) is 11.7 Å². The van der Waals surface area contributed by atoms with E-state index < -0.39 is 23.7 Å². The van der Waals surface area contributed by atoms with E-state index in [1.807, 2.05) is 31.2 Å². The number of anilines is 1. The predicted molar refractivity (Wildman–Crippen MR) is 137 cm³/mol. The standard InChI is InChI=1S/C28H24BrNO5/c1-16(2)35-28(34)20-8-5-9-22(15-20)30-24(19-7-4-6-17(3)14-19)23(26(32)27(30)33)25(31)18-10-12-21(29)13-11-18/h4-16,24,31H,1-3H3/b25-23+. The van der Waals surface area contributed by atoms with Gasteiger partial charge >= 0.3 is 5.97 Å². The molecule has 3 aromatic carbocycles. The molecule has 0 radical (unpaired) electrons. The Balaban J connectivity index is 1.89. The number of nitrogens with zero attached hydrogens (tertiary/aromatic N) is 1. The molecule has 0 spiro atoms. The number of aliphatic hydroxyl groups is 1. The van der Waals surface area contributed by atoms with Gasteiger partial charge < -0.3 is 9.84 Å². The number of aliphatic hydroxyl groups excluding tert-OH is 1. The minimum atomic E-state index is -0.880. The van der Waals surface area contributed by atoms with E-state index in [1.54, 1.807) is 56.3 Å². The molecule has 178 valence electrons. The minimum absolute atomic E-state index is 0.0157. The Morgan fingerprint density at radius 1 is 0.971 bits per heavy atom. The number of carbonyl (C=O) groups excluding carboxylic acids is 3. The van der Waals surface area contributed by atoms with Gasteiger partial charge in [-0.05, 0) is 56.7 Å². The molecule has 1 N–H and O–H groups in total. The van der Waals surface area contributed by atoms with Crippen molar-refractivity contribution >= 4 is 45.0 Å². The zero-order chi connectivity index (χ0) is 25.3. The number of ether oxygens (including phenoxy) is 1. The number of halogens is 1. The Bertz CT molecular complexity index is 1340. The van der Waals surface area contributed by atoms with Crippen molar-refractivity contribution in [1.82, 2.24) is 0 Å². The lowest BCUT2D eigenvalue weighted by atomic mass is 9.94. The lowest BCUT2D eigenvalue weighted by Gasteiger charge is -2.26. The smallest absolute Gasteiger partial charge is 0.338 e. The largest absolute Gasteiger partial charge is 0.507 e. The van der Waals surface area contributed by atoms with Gasteiger partial charge in [-0.1, -0.05) is 64.0 Å². The number of esters is 1. The average molecular weight is 534 g/mol. The van der Waals surface area contributed by atoms with Crippen LogP contribution in [0.25, 0.3) is 5.76 Å². The van der Waals surface area contributed by atoms with E-state index in [0.29, 0.717) is 16.8 Å². The van der Waals surface area contributed by atoms with Gasteiger partial charge in [-0.3, -0.25) is 14.5 Å². The highest BCUT2D eigenvalue weighted by Crippen LogP contribution is 2.42. The van der Waals surface area contributed by atoms with Gasteiger partial charge in [0.05, 0.1) is 23.3 Å². The Morgan fingerprint density at radius 3 is 2.31 bits per heavy atom. The van der Waals surface area contributed by atoms with E-state index in [4.69, 9.17) is 4.74 Å². The highest BCUT2D eigenvalue weighted by Gasteiger charge is 2.47. The van der Waals surface area contributed by atoms with Crippen LogP contribution in [0.3, 0.4) is 0 Å². The van der Waals surface area contributed by atoms with Crippen LogP contribution < -0.4 is 4.90 Å². The summed E-state index contributed by atoms with van der Waals surface area (Å²) >= 11 is 3.36. The van der Waals surface area contributed by atoms with E-state index in [1.165, 1.54) is 11.0 Å². The lowest BCUT2D eigenvalue weighted by molar-refractivity contribution is -0.132. The Hall–Kier alpha value is -3.71. The Labute approximate surface area is 212 Å². The molecule has 4 rings (SSSR count). The number of ketones is 1. The highest BCUT2D eigenvalue weighted by molar-refractivity contribution is 9.10. The monoisotopic (exact) mass is 533 g/mol. The minimum Gasteiger partial charge on any atom is -0.507 e. The molecule has 1 aliphatic rings. The maximum Gasteiger partial charge on any atom is 0.338 e. The van der Waals surface area contributed by atoms with Crippen molar-refractivity contribution in [2.75, 3.05) is 4.90 Å². The average Bonchev–Trinajstić information content (AvgIpc) is 3.09. The fourth-order valence-electron chi connectivity index (χ4n) is 4.08. The fraction of sp³-hybridized carbons (Fsp3) is 0.179. The van der Waals surface area contributed by atoms with Crippen molar-refractivity contribution in [2.45, 2.75) is 32.9 Å². The molecule has 1 aliphatic heterocycles. The summed E-state index contributed by atoms with van der Waals surface area (Å²) in [5.41, 5.74) is 2.61. The summed E-state index contributed by atoms with van der Waals surface area (Å²) in [5.74, 6) is -2.38. The van der Waals surface area contributed by atoms with E-state index in [-0.39, 0.29) is 23.0 Å². The predicted octanol–water partition coefficient (Wildman–Crippen LogP) is 5.95. The summed E-state index contributed by atoms with van der Waals surface area (Å²) in [7, 11) is 0. The summed E-state index contributed by atoms with van der Waals surface area (Å²) in [6.07, 6.45) is -0.307. The van der Waals surface area contributed by atoms with Crippen LogP contribution in [0.1, 0.15) is 46.9 Å². The summed E-state index contributed by atoms with van der Waals surface area (Å²) in [6.45, 7) is 5.41. The molecule has 1 unspecified atom stereocenters. The number of amides is 1. The lowest BCUT2D eigenvalue weighted by Crippen LogP contribution is -2.29. The van der Waals surface area contributed by atoms with E-state index in [0.717, 1.165) is 10.0 Å². The summed E-state index contributed by atoms with van der Waals surface area (Å²) in [4.78, 5) is 40.5. The quantitative estimate of drug-likeness (QED) is 0.189. The number of carbonyl (C=O) groups is 3. The molecule has 1 heterocycles. The molecule has 1 saturated heterocycles. The van der Waals surface area contributed by atoms with Crippen LogP contribution in [-0.2, 0) is 14.3 Å². The zero-order valence-corrected chi connectivity index (χ0v) is 21.1. The van der Waals surface area contributed by atoms with Crippen LogP contribution in [-0.4, -0.2) is 28.9 Å². The molecule has 1 atom stereocenters. The maximum atomic E-state index is 13.3. The van der Waals surface area contributed by atoms with Crippen molar-refractivity contribution in [2.24, 2.45) is 0 Å². The maximum absolute atomic E-state index is 13.3. The molecular weight excluding hydrogens is 510 g/mol. The van der Waals surface area contributed by atoms with Crippen LogP contribution in [0.2, 0.25) is 0 Å². The molecule has 3 aromatic rings. The number of benzene rings is 3. The van der Waals surface area contributed by atoms with Crippen LogP contribution in [0, 0.1) is 6.92 Å². The van der Waals surface area contributed by atoms with E-state index >= 15 is 0 Å². The third kappa shape index (κ3) is 4.91. The summed E-state index contributed by atoms with van der Waals surface area (Å²) in [5, 5.41) is 11.2. The van der Waals surface area contributed by atoms with Crippen molar-refractivity contribution in [3.8, 4) is 0 Å². The fourth-order valence-corrected chi connectivity index (χ4v) is 4.35. The molecule has 35 heavy (non-hydrogen) atoms. The van der Waals surface area contributed by atoms with Crippen LogP contribution in [0.15, 0.2) is 82.8 Å². The second kappa shape index (κ2) is 9.88. The Morgan fingerprint density at radius 2 is 1.66 bits per heavy atom. The van der Waals surface area contributed by atoms with Crippen LogP contribution >= 0.6 is 15.9 Å². The number of aryl methyl sites for hydroxylation is 1. The van der Waals surface area contributed by atoms with Gasteiger partial charge in [0.15, 0.2) is 0 Å². The second-order valence-electron chi connectivity index (χ2n) is 8.59. The number of rotatable bonds is 5. The summed E-state index contributed by atoms with van der Waals surface area (Å²) < 4.78 is 6.11. The SMILES string of the molecule is Cc1cccc(C2/C(=C(\O)c3ccc(Br)cc3)C(=O)C(=O)N2c2cccc(C(=O)OC(C)C)c2)c1. The molecule has 1 fully saturated rings. The number of hydrogen-bond acceptors (Lipinski definition) is 5. The van der Waals surface area contributed by atoms with Gasteiger partial charge in [0.2, 0.25) is 0 Å². The van der Waals surface area contributed by atoms with Crippen molar-refractivity contribution in [1.29, 1.82) is 0 Å². The van der Waals surface area contributed by atoms with Crippen molar-refractivity contribution in [3.05, 3.63) is 105 Å². The molecule has 1 amide bonds. The second-order valence-corrected chi connectivity index (χ2v) is 9.51. The van der Waals surface area contributed by atoms with Crippen LogP contribution in [0.4, 0.5) is 5.69 Å². The summed E-state index contributed by atoms with van der Waals surface area (Å²) in [6, 6.07) is 19.8. The van der Waals surface area contributed by atoms with Gasteiger partial charge in [-0.2, -0.15) is 0 Å². The van der Waals surface area contributed by atoms with Gasteiger partial charge in [0, 0.05) is 15.7 Å². The highest BCUT2D eigenvalue weighted by atomic mass is 79.9. The van der Waals surface area contributed by atoms with E-state index in [2.05, 4.69) is 15.9 Å². The van der Waals surface area contributed by atoms with E-state index in [9.17, 15) is 19.5 Å². The topological polar surface area (TPSA) is 83.9 Å². The number of hydrogen-bond donors (Lipinski definition) is 1. The molecule has 0 aliphatic carbocycles. The Kier molecular flexibility index (Phi) is 6.89. The first-order chi connectivity index (χ1) is 16.7. The van der Waals surface area contributed by atoms with Gasteiger partial charge in [-0.25, -0.2) is 4.79 Å². The van der Waals surface area contributed by atoms with Crippen LogP contribution in [0.5, 0.6) is 0 Å². The molecule has 0 bridgehead atoms. The molecular formula is C28H24BrNO5. The van der Waals surface area contributed by atoms with Crippen molar-refractivity contribution in [3.63, 3.8) is 0 Å². The van der Waals surface area contributed by atoms with Crippen molar-refractivity contribution < 1.29 is 24.2 Å². The van der Waals surface area contributed by atoms with Gasteiger partial charge in [0.1, 0.15) is 5.76 Å². The number of Topliss-reactive ketones (excluding diaryl/α,β-unsaturated/α-hetero) is 1. The molecule has 0 aromatic heterocycles.